The summed E-state index contributed by atoms with van der Waals surface area (Å²) in [6.07, 6.45) is 76.6. The molecule has 1 heterocycles. The Kier molecular flexibility index (Phi) is 61.4. The van der Waals surface area contributed by atoms with Gasteiger partial charge in [-0.05, 0) is 103 Å². The first-order valence-corrected chi connectivity index (χ1v) is 37.1. The number of unbranched alkanes of at least 4 members (excludes halogenated alkanes) is 43. The van der Waals surface area contributed by atoms with Gasteiger partial charge in [-0.25, -0.2) is 0 Å². The molecule has 11 heteroatoms. The van der Waals surface area contributed by atoms with Crippen LogP contribution in [0.3, 0.4) is 0 Å². The second kappa shape index (κ2) is 64.9. The number of amides is 1. The van der Waals surface area contributed by atoms with Crippen LogP contribution in [0.25, 0.3) is 0 Å². The number of aliphatic hydroxyl groups is 5. The van der Waals surface area contributed by atoms with E-state index in [2.05, 4.69) is 67.8 Å². The minimum Gasteiger partial charge on any atom is -0.466 e. The maximum Gasteiger partial charge on any atom is 0.305 e. The van der Waals surface area contributed by atoms with Crippen molar-refractivity contribution in [2.75, 3.05) is 19.8 Å². The summed E-state index contributed by atoms with van der Waals surface area (Å²) in [5, 5.41) is 54.4. The van der Waals surface area contributed by atoms with Gasteiger partial charge in [-0.3, -0.25) is 9.59 Å². The van der Waals surface area contributed by atoms with Crippen molar-refractivity contribution >= 4 is 11.9 Å². The van der Waals surface area contributed by atoms with E-state index in [0.29, 0.717) is 19.4 Å². The van der Waals surface area contributed by atoms with Crippen molar-refractivity contribution in [1.29, 1.82) is 0 Å². The van der Waals surface area contributed by atoms with Crippen molar-refractivity contribution in [3.8, 4) is 0 Å². The highest BCUT2D eigenvalue weighted by Crippen LogP contribution is 2.23. The lowest BCUT2D eigenvalue weighted by atomic mass is 9.99. The van der Waals surface area contributed by atoms with Crippen LogP contribution in [0.1, 0.15) is 348 Å². The van der Waals surface area contributed by atoms with Crippen LogP contribution in [0.2, 0.25) is 0 Å². The molecule has 0 aliphatic carbocycles. The van der Waals surface area contributed by atoms with Crippen molar-refractivity contribution < 1.29 is 49.3 Å². The molecule has 87 heavy (non-hydrogen) atoms. The van der Waals surface area contributed by atoms with Crippen LogP contribution in [0, 0.1) is 0 Å². The first-order chi connectivity index (χ1) is 42.7. The quantitative estimate of drug-likeness (QED) is 0.0195. The Balaban J connectivity index is 1.94. The summed E-state index contributed by atoms with van der Waals surface area (Å²) in [6, 6.07) is -0.826. The average Bonchev–Trinajstić information content (AvgIpc) is 3.64. The molecule has 1 amide bonds. The van der Waals surface area contributed by atoms with E-state index in [1.54, 1.807) is 6.08 Å². The van der Waals surface area contributed by atoms with Gasteiger partial charge >= 0.3 is 5.97 Å². The monoisotopic (exact) mass is 1230 g/mol. The average molecular weight is 1230 g/mol. The molecule has 1 aliphatic heterocycles. The number of hydrogen-bond donors (Lipinski definition) is 6. The van der Waals surface area contributed by atoms with Gasteiger partial charge in [-0.2, -0.15) is 0 Å². The van der Waals surface area contributed by atoms with Crippen molar-refractivity contribution in [3.05, 3.63) is 60.8 Å². The molecule has 0 aromatic rings. The van der Waals surface area contributed by atoms with E-state index in [1.165, 1.54) is 257 Å². The van der Waals surface area contributed by atoms with Gasteiger partial charge in [0.2, 0.25) is 5.91 Å². The molecule has 508 valence electrons. The molecule has 0 bridgehead atoms. The summed E-state index contributed by atoms with van der Waals surface area (Å²) in [5.41, 5.74) is 0. The van der Waals surface area contributed by atoms with Crippen molar-refractivity contribution in [3.63, 3.8) is 0 Å². The third-order valence-corrected chi connectivity index (χ3v) is 17.3. The van der Waals surface area contributed by atoms with Crippen LogP contribution in [0.15, 0.2) is 60.8 Å². The number of nitrogens with one attached hydrogen (secondary N) is 1. The second-order valence-electron chi connectivity index (χ2n) is 25.6. The predicted molar refractivity (Wildman–Crippen MR) is 366 cm³/mol. The first-order valence-electron chi connectivity index (χ1n) is 37.1. The van der Waals surface area contributed by atoms with E-state index < -0.39 is 49.5 Å². The molecule has 1 rings (SSSR count). The van der Waals surface area contributed by atoms with E-state index in [9.17, 15) is 35.1 Å². The number of carbonyl (C=O) groups is 2. The Morgan fingerprint density at radius 3 is 1.23 bits per heavy atom. The van der Waals surface area contributed by atoms with Crippen molar-refractivity contribution in [2.24, 2.45) is 0 Å². The zero-order valence-electron chi connectivity index (χ0n) is 56.5. The Bertz CT molecular complexity index is 1630. The Morgan fingerprint density at radius 1 is 0.425 bits per heavy atom. The standard InChI is InChI=1S/C76H139NO10/c1-3-5-7-9-11-13-15-42-46-50-54-58-62-69(79)68(67-86-76-75(84)74(83)73(82)70(66-78)87-76)77-71(80)63-59-55-51-47-43-40-38-36-34-32-30-28-26-24-22-20-18-17-19-21-23-25-27-29-31-33-35-37-39-41-45-49-53-57-61-65-85-72(81)64-60-56-52-48-44-16-14-12-10-8-6-4-2/h12,14,19,21,25,27,42,46,58,62,68-70,73-76,78-79,82-84H,3-11,13,15-18,20,22-24,26,28-41,43-45,47-57,59-61,63-67H2,1-2H3,(H,77,80)/b14-12-,21-19-,27-25-,46-42+,62-58+. The van der Waals surface area contributed by atoms with E-state index in [-0.39, 0.29) is 18.5 Å². The van der Waals surface area contributed by atoms with Gasteiger partial charge in [0.25, 0.3) is 0 Å². The van der Waals surface area contributed by atoms with Crippen molar-refractivity contribution in [1.82, 2.24) is 5.32 Å². The molecular weight excluding hydrogens is 1090 g/mol. The number of esters is 1. The topological polar surface area (TPSA) is 175 Å². The first kappa shape index (κ1) is 82.4. The summed E-state index contributed by atoms with van der Waals surface area (Å²) in [6.45, 7) is 4.31. The van der Waals surface area contributed by atoms with Crippen LogP contribution in [0.4, 0.5) is 0 Å². The Labute approximate surface area is 535 Å². The van der Waals surface area contributed by atoms with Gasteiger partial charge in [0.15, 0.2) is 6.29 Å². The fourth-order valence-corrected chi connectivity index (χ4v) is 11.5. The predicted octanol–water partition coefficient (Wildman–Crippen LogP) is 19.3. The highest BCUT2D eigenvalue weighted by molar-refractivity contribution is 5.76. The number of carbonyl (C=O) groups excluding carboxylic acids is 2. The van der Waals surface area contributed by atoms with Gasteiger partial charge in [0.05, 0.1) is 32.0 Å². The number of ether oxygens (including phenoxy) is 3. The van der Waals surface area contributed by atoms with Crippen LogP contribution in [-0.4, -0.2) is 100 Å². The largest absolute Gasteiger partial charge is 0.466 e. The van der Waals surface area contributed by atoms with Crippen molar-refractivity contribution in [2.45, 2.75) is 391 Å². The molecule has 0 aromatic heterocycles. The fourth-order valence-electron chi connectivity index (χ4n) is 11.5. The summed E-state index contributed by atoms with van der Waals surface area (Å²) in [7, 11) is 0. The summed E-state index contributed by atoms with van der Waals surface area (Å²) in [5.74, 6) is -0.190. The molecule has 11 nitrogen and oxygen atoms in total. The number of hydrogen-bond acceptors (Lipinski definition) is 10. The Morgan fingerprint density at radius 2 is 0.782 bits per heavy atom. The minimum atomic E-state index is -1.58. The molecule has 7 atom stereocenters. The maximum atomic E-state index is 13.1. The smallest absolute Gasteiger partial charge is 0.305 e. The maximum absolute atomic E-state index is 13.1. The van der Waals surface area contributed by atoms with E-state index in [0.717, 1.165) is 64.2 Å². The second-order valence-corrected chi connectivity index (χ2v) is 25.6. The summed E-state index contributed by atoms with van der Waals surface area (Å²) in [4.78, 5) is 25.1. The van der Waals surface area contributed by atoms with Crippen LogP contribution < -0.4 is 5.32 Å². The number of rotatable bonds is 65. The zero-order chi connectivity index (χ0) is 63.0. The summed E-state index contributed by atoms with van der Waals surface area (Å²) >= 11 is 0. The molecule has 0 spiro atoms. The molecular formula is C76H139NO10. The van der Waals surface area contributed by atoms with Gasteiger partial charge in [-0.1, -0.05) is 293 Å². The summed E-state index contributed by atoms with van der Waals surface area (Å²) < 4.78 is 16.7. The zero-order valence-corrected chi connectivity index (χ0v) is 56.5. The molecule has 0 radical (unpaired) electrons. The van der Waals surface area contributed by atoms with Crippen LogP contribution >= 0.6 is 0 Å². The number of allylic oxidation sites excluding steroid dienone is 9. The molecule has 0 aromatic carbocycles. The van der Waals surface area contributed by atoms with E-state index >= 15 is 0 Å². The SMILES string of the molecule is CCCCC/C=C\CCCCCCCC(=O)OCCCCCCCCCCCCC/C=C\C/C=C\CCCCCCCCCCCCCCCCCCCC(=O)NC(COC1OC(CO)C(O)C(O)C1O)C(O)/C=C/CC/C=C/CCCCCCCC. The third-order valence-electron chi connectivity index (χ3n) is 17.3. The molecule has 7 unspecified atom stereocenters. The van der Waals surface area contributed by atoms with Gasteiger partial charge < -0.3 is 45.1 Å². The molecule has 1 fully saturated rings. The molecule has 1 saturated heterocycles. The molecule has 1 aliphatic rings. The highest BCUT2D eigenvalue weighted by Gasteiger charge is 2.44. The van der Waals surface area contributed by atoms with Crippen LogP contribution in [-0.2, 0) is 23.8 Å². The Hall–Kier alpha value is -2.64. The minimum absolute atomic E-state index is 0.000394. The van der Waals surface area contributed by atoms with Gasteiger partial charge in [0.1, 0.15) is 24.4 Å². The van der Waals surface area contributed by atoms with E-state index in [4.69, 9.17) is 14.2 Å². The normalized spacial score (nSPS) is 18.2. The fraction of sp³-hybridized carbons (Fsp3) is 0.842. The van der Waals surface area contributed by atoms with E-state index in [1.807, 2.05) is 6.08 Å². The highest BCUT2D eigenvalue weighted by atomic mass is 16.7. The van der Waals surface area contributed by atoms with Gasteiger partial charge in [0, 0.05) is 12.8 Å². The lowest BCUT2D eigenvalue weighted by molar-refractivity contribution is -0.302. The lowest BCUT2D eigenvalue weighted by Gasteiger charge is -2.40. The molecule has 6 N–H and O–H groups in total. The molecule has 0 saturated carbocycles. The number of aliphatic hydroxyl groups excluding tert-OH is 5. The van der Waals surface area contributed by atoms with Crippen LogP contribution in [0.5, 0.6) is 0 Å². The lowest BCUT2D eigenvalue weighted by Crippen LogP contribution is -2.60. The van der Waals surface area contributed by atoms with Gasteiger partial charge in [-0.15, -0.1) is 0 Å². The third kappa shape index (κ3) is 53.7.